The van der Waals surface area contributed by atoms with Crippen molar-refractivity contribution < 1.29 is 23.8 Å². The van der Waals surface area contributed by atoms with Crippen molar-refractivity contribution >= 4 is 23.4 Å². The lowest BCUT2D eigenvalue weighted by molar-refractivity contribution is -0.119. The fourth-order valence-electron chi connectivity index (χ4n) is 3.48. The number of carbonyl (C=O) groups is 2. The Kier molecular flexibility index (Phi) is 8.01. The molecule has 0 aliphatic rings. The van der Waals surface area contributed by atoms with E-state index in [4.69, 9.17) is 9.84 Å². The molecule has 176 valence electrons. The van der Waals surface area contributed by atoms with E-state index >= 15 is 0 Å². The molecule has 0 aliphatic heterocycles. The van der Waals surface area contributed by atoms with Crippen molar-refractivity contribution in [3.63, 3.8) is 0 Å². The molecule has 0 saturated heterocycles. The lowest BCUT2D eigenvalue weighted by Crippen LogP contribution is -2.23. The van der Waals surface area contributed by atoms with Crippen LogP contribution >= 0.6 is 0 Å². The maximum atomic E-state index is 13.3. The van der Waals surface area contributed by atoms with Gasteiger partial charge >= 0.3 is 5.97 Å². The number of amides is 1. The first-order valence-electron chi connectivity index (χ1n) is 10.6. The highest BCUT2D eigenvalue weighted by molar-refractivity contribution is 5.98. The van der Waals surface area contributed by atoms with Gasteiger partial charge in [-0.3, -0.25) is 4.79 Å². The van der Waals surface area contributed by atoms with E-state index in [0.29, 0.717) is 23.4 Å². The summed E-state index contributed by atoms with van der Waals surface area (Å²) in [4.78, 5) is 25.1. The second-order valence-corrected chi connectivity index (χ2v) is 7.58. The van der Waals surface area contributed by atoms with E-state index in [9.17, 15) is 19.2 Å². The maximum Gasteiger partial charge on any atom is 0.340 e. The minimum Gasteiger partial charge on any atom is -0.452 e. The normalized spacial score (nSPS) is 10.4. The number of carbonyl (C=O) groups excluding carboxylic acids is 2. The molecule has 3 rings (SSSR count). The Morgan fingerprint density at radius 1 is 1.15 bits per heavy atom. The molecule has 0 bridgehead atoms. The molecule has 3 aromatic rings. The fraction of sp³-hybridized carbons (Fsp3) is 0.240. The summed E-state index contributed by atoms with van der Waals surface area (Å²) in [6, 6.07) is 14.7. The highest BCUT2D eigenvalue weighted by Crippen LogP contribution is 2.27. The van der Waals surface area contributed by atoms with Gasteiger partial charge in [-0.05, 0) is 49.2 Å². The van der Waals surface area contributed by atoms with E-state index in [1.54, 1.807) is 47.9 Å². The van der Waals surface area contributed by atoms with Gasteiger partial charge in [0, 0.05) is 24.5 Å². The molecule has 1 amide bonds. The summed E-state index contributed by atoms with van der Waals surface area (Å²) in [7, 11) is 0. The lowest BCUT2D eigenvalue weighted by Gasteiger charge is -2.14. The van der Waals surface area contributed by atoms with Crippen LogP contribution in [0.4, 0.5) is 15.9 Å². The van der Waals surface area contributed by atoms with Crippen LogP contribution in [0, 0.1) is 31.0 Å². The minimum absolute atomic E-state index is 0.108. The molecule has 0 spiro atoms. The number of nitrogens with zero attached hydrogens (tertiary/aromatic N) is 2. The number of nitrogens with one attached hydrogen (secondary N) is 2. The van der Waals surface area contributed by atoms with E-state index in [2.05, 4.69) is 16.7 Å². The third-order valence-corrected chi connectivity index (χ3v) is 5.36. The third-order valence-electron chi connectivity index (χ3n) is 5.36. The zero-order valence-corrected chi connectivity index (χ0v) is 18.9. The van der Waals surface area contributed by atoms with Crippen molar-refractivity contribution in [3.05, 3.63) is 82.3 Å². The summed E-state index contributed by atoms with van der Waals surface area (Å²) < 4.78 is 20.2. The number of para-hydroxylation sites is 1. The largest absolute Gasteiger partial charge is 0.452 e. The number of esters is 1. The van der Waals surface area contributed by atoms with Gasteiger partial charge in [-0.1, -0.05) is 24.3 Å². The molecule has 1 heterocycles. The number of aliphatic hydroxyl groups excluding tert-OH is 1. The predicted molar refractivity (Wildman–Crippen MR) is 125 cm³/mol. The van der Waals surface area contributed by atoms with Crippen molar-refractivity contribution in [3.8, 4) is 6.07 Å². The SMILES string of the molecule is Cc1c(C#N)c(NC(=O)COC(=O)c2ccccc2NCCO)n(Cc2ccc(F)cc2)c1C. The monoisotopic (exact) mass is 464 g/mol. The molecule has 0 saturated carbocycles. The van der Waals surface area contributed by atoms with Gasteiger partial charge in [0.1, 0.15) is 17.7 Å². The molecule has 0 radical (unpaired) electrons. The Morgan fingerprint density at radius 3 is 2.53 bits per heavy atom. The topological polar surface area (TPSA) is 116 Å². The van der Waals surface area contributed by atoms with Gasteiger partial charge in [0.2, 0.25) is 0 Å². The first-order chi connectivity index (χ1) is 16.3. The Bertz CT molecular complexity index is 1230. The van der Waals surface area contributed by atoms with Gasteiger partial charge in [0.25, 0.3) is 5.91 Å². The summed E-state index contributed by atoms with van der Waals surface area (Å²) in [6.07, 6.45) is 0. The van der Waals surface area contributed by atoms with Gasteiger partial charge in [0.05, 0.1) is 17.7 Å². The van der Waals surface area contributed by atoms with Crippen LogP contribution in [0.3, 0.4) is 0 Å². The number of benzene rings is 2. The van der Waals surface area contributed by atoms with Crippen LogP contribution in [0.15, 0.2) is 48.5 Å². The zero-order valence-electron chi connectivity index (χ0n) is 18.9. The Hall–Kier alpha value is -4.16. The highest BCUT2D eigenvalue weighted by atomic mass is 19.1. The first-order valence-corrected chi connectivity index (χ1v) is 10.6. The van der Waals surface area contributed by atoms with Crippen molar-refractivity contribution in [1.29, 1.82) is 5.26 Å². The summed E-state index contributed by atoms with van der Waals surface area (Å²) in [6.45, 7) is 3.51. The second kappa shape index (κ2) is 11.1. The summed E-state index contributed by atoms with van der Waals surface area (Å²) in [5, 5.41) is 24.2. The highest BCUT2D eigenvalue weighted by Gasteiger charge is 2.21. The molecular formula is C25H25FN4O4. The average Bonchev–Trinajstić information content (AvgIpc) is 3.06. The number of halogens is 1. The molecule has 2 aromatic carbocycles. The van der Waals surface area contributed by atoms with Crippen LogP contribution in [-0.4, -0.2) is 41.3 Å². The molecule has 0 unspecified atom stereocenters. The van der Waals surface area contributed by atoms with E-state index in [-0.39, 0.29) is 30.4 Å². The minimum atomic E-state index is -0.703. The molecule has 34 heavy (non-hydrogen) atoms. The molecule has 3 N–H and O–H groups in total. The number of anilines is 2. The molecule has 9 heteroatoms. The molecule has 0 atom stereocenters. The number of rotatable bonds is 9. The van der Waals surface area contributed by atoms with Gasteiger partial charge in [-0.15, -0.1) is 0 Å². The number of nitriles is 1. The average molecular weight is 464 g/mol. The third kappa shape index (κ3) is 5.60. The van der Waals surface area contributed by atoms with Crippen molar-refractivity contribution in [2.75, 3.05) is 30.4 Å². The summed E-state index contributed by atoms with van der Waals surface area (Å²) >= 11 is 0. The van der Waals surface area contributed by atoms with E-state index in [1.807, 2.05) is 6.92 Å². The second-order valence-electron chi connectivity index (χ2n) is 7.58. The quantitative estimate of drug-likeness (QED) is 0.418. The first kappa shape index (κ1) is 24.5. The number of aliphatic hydroxyl groups is 1. The standard InChI is InChI=1S/C25H25FN4O4/c1-16-17(2)30(14-18-7-9-19(26)10-8-18)24(21(16)13-27)29-23(32)15-34-25(33)20-5-3-4-6-22(20)28-11-12-31/h3-10,28,31H,11-12,14-15H2,1-2H3,(H,29,32). The zero-order chi connectivity index (χ0) is 24.7. The van der Waals surface area contributed by atoms with Crippen LogP contribution < -0.4 is 10.6 Å². The fourth-order valence-corrected chi connectivity index (χ4v) is 3.48. The number of ether oxygens (including phenoxy) is 1. The van der Waals surface area contributed by atoms with Crippen LogP contribution in [0.1, 0.15) is 32.7 Å². The summed E-state index contributed by atoms with van der Waals surface area (Å²) in [5.41, 5.74) is 3.29. The van der Waals surface area contributed by atoms with E-state index in [0.717, 1.165) is 11.3 Å². The Morgan fingerprint density at radius 2 is 1.85 bits per heavy atom. The van der Waals surface area contributed by atoms with Crippen LogP contribution in [0.5, 0.6) is 0 Å². The van der Waals surface area contributed by atoms with Crippen molar-refractivity contribution in [1.82, 2.24) is 4.57 Å². The van der Waals surface area contributed by atoms with Gasteiger partial charge in [0.15, 0.2) is 6.61 Å². The van der Waals surface area contributed by atoms with Gasteiger partial charge < -0.3 is 25.0 Å². The van der Waals surface area contributed by atoms with E-state index in [1.165, 1.54) is 12.1 Å². The Balaban J connectivity index is 1.75. The van der Waals surface area contributed by atoms with Crippen LogP contribution in [-0.2, 0) is 16.1 Å². The lowest BCUT2D eigenvalue weighted by atomic mass is 10.2. The summed E-state index contributed by atoms with van der Waals surface area (Å²) in [5.74, 6) is -1.38. The maximum absolute atomic E-state index is 13.3. The molecule has 0 fully saturated rings. The van der Waals surface area contributed by atoms with Crippen molar-refractivity contribution in [2.45, 2.75) is 20.4 Å². The van der Waals surface area contributed by atoms with Gasteiger partial charge in [-0.25, -0.2) is 9.18 Å². The van der Waals surface area contributed by atoms with Crippen LogP contribution in [0.25, 0.3) is 0 Å². The number of aromatic nitrogens is 1. The van der Waals surface area contributed by atoms with Gasteiger partial charge in [-0.2, -0.15) is 5.26 Å². The van der Waals surface area contributed by atoms with Crippen LogP contribution in [0.2, 0.25) is 0 Å². The molecule has 0 aliphatic carbocycles. The molecule has 1 aromatic heterocycles. The predicted octanol–water partition coefficient (Wildman–Crippen LogP) is 3.36. The van der Waals surface area contributed by atoms with E-state index < -0.39 is 18.5 Å². The smallest absolute Gasteiger partial charge is 0.340 e. The van der Waals surface area contributed by atoms with Crippen molar-refractivity contribution in [2.24, 2.45) is 0 Å². The molecule has 8 nitrogen and oxygen atoms in total. The number of hydrogen-bond donors (Lipinski definition) is 3. The molecular weight excluding hydrogens is 439 g/mol. The number of hydrogen-bond acceptors (Lipinski definition) is 6. The Labute approximate surface area is 196 Å².